The van der Waals surface area contributed by atoms with Crippen LogP contribution < -0.4 is 11.1 Å². The predicted octanol–water partition coefficient (Wildman–Crippen LogP) is 2.33. The molecule has 0 saturated heterocycles. The largest absolute Gasteiger partial charge is 0.325 e. The summed E-state index contributed by atoms with van der Waals surface area (Å²) in [6.07, 6.45) is 0.295. The maximum Gasteiger partial charge on any atom is 0.227 e. The van der Waals surface area contributed by atoms with Gasteiger partial charge in [-0.3, -0.25) is 4.79 Å². The van der Waals surface area contributed by atoms with E-state index in [-0.39, 0.29) is 5.91 Å². The number of aromatic nitrogens is 1. The van der Waals surface area contributed by atoms with Crippen LogP contribution in [0.25, 0.3) is 0 Å². The monoisotopic (exact) mass is 241 g/mol. The highest BCUT2D eigenvalue weighted by molar-refractivity contribution is 7.13. The molecule has 0 fully saturated rings. The normalized spacial score (nSPS) is 11.9. The van der Waals surface area contributed by atoms with E-state index in [4.69, 9.17) is 5.73 Å². The zero-order chi connectivity index (χ0) is 12.3. The smallest absolute Gasteiger partial charge is 0.227 e. The molecular weight excluding hydrogens is 222 g/mol. The zero-order valence-corrected chi connectivity index (χ0v) is 11.0. The molecule has 0 aliphatic carbocycles. The number of hydrogen-bond donors (Lipinski definition) is 2. The highest BCUT2D eigenvalue weighted by Crippen LogP contribution is 2.21. The Kier molecular flexibility index (Phi) is 4.04. The third-order valence-electron chi connectivity index (χ3n) is 1.98. The summed E-state index contributed by atoms with van der Waals surface area (Å²) in [5.74, 6) is 0.296. The van der Waals surface area contributed by atoms with E-state index in [1.54, 1.807) is 0 Å². The van der Waals surface area contributed by atoms with Crippen LogP contribution in [0.1, 0.15) is 45.7 Å². The number of nitrogens with one attached hydrogen (secondary N) is 1. The van der Waals surface area contributed by atoms with Gasteiger partial charge in [0, 0.05) is 17.3 Å². The molecule has 0 atom stereocenters. The standard InChI is InChI=1S/C11H19N3OS/c1-7(2)8-6-16-10(13-8)14-9(15)5-11(3,4)12/h6-7H,5,12H2,1-4H3,(H,13,14,15). The lowest BCUT2D eigenvalue weighted by Gasteiger charge is -2.16. The summed E-state index contributed by atoms with van der Waals surface area (Å²) in [7, 11) is 0. The van der Waals surface area contributed by atoms with Crippen LogP contribution in [0.2, 0.25) is 0 Å². The van der Waals surface area contributed by atoms with Crippen molar-refractivity contribution in [2.45, 2.75) is 45.6 Å². The van der Waals surface area contributed by atoms with Gasteiger partial charge in [-0.15, -0.1) is 11.3 Å². The van der Waals surface area contributed by atoms with E-state index < -0.39 is 5.54 Å². The van der Waals surface area contributed by atoms with Crippen molar-refractivity contribution in [3.05, 3.63) is 11.1 Å². The topological polar surface area (TPSA) is 68.0 Å². The fourth-order valence-electron chi connectivity index (χ4n) is 1.19. The number of carbonyl (C=O) groups is 1. The predicted molar refractivity (Wildman–Crippen MR) is 67.7 cm³/mol. The second kappa shape index (κ2) is 4.93. The van der Waals surface area contributed by atoms with Crippen LogP contribution in [0.15, 0.2) is 5.38 Å². The van der Waals surface area contributed by atoms with E-state index in [1.165, 1.54) is 11.3 Å². The van der Waals surface area contributed by atoms with Gasteiger partial charge in [0.05, 0.1) is 5.69 Å². The Labute approximate surface area is 100 Å². The number of nitrogens with zero attached hydrogens (tertiary/aromatic N) is 1. The first-order valence-electron chi connectivity index (χ1n) is 5.32. The van der Waals surface area contributed by atoms with Gasteiger partial charge in [-0.2, -0.15) is 0 Å². The van der Waals surface area contributed by atoms with E-state index in [0.717, 1.165) is 5.69 Å². The summed E-state index contributed by atoms with van der Waals surface area (Å²) in [4.78, 5) is 15.9. The van der Waals surface area contributed by atoms with Gasteiger partial charge in [0.15, 0.2) is 5.13 Å². The highest BCUT2D eigenvalue weighted by atomic mass is 32.1. The van der Waals surface area contributed by atoms with E-state index in [1.807, 2.05) is 19.2 Å². The van der Waals surface area contributed by atoms with Gasteiger partial charge in [-0.1, -0.05) is 13.8 Å². The van der Waals surface area contributed by atoms with Gasteiger partial charge >= 0.3 is 0 Å². The van der Waals surface area contributed by atoms with Crippen molar-refractivity contribution in [3.8, 4) is 0 Å². The number of nitrogens with two attached hydrogens (primary N) is 1. The number of anilines is 1. The lowest BCUT2D eigenvalue weighted by Crippen LogP contribution is -2.36. The molecule has 16 heavy (non-hydrogen) atoms. The van der Waals surface area contributed by atoms with E-state index in [0.29, 0.717) is 17.5 Å². The lowest BCUT2D eigenvalue weighted by atomic mass is 10.0. The Balaban J connectivity index is 2.57. The van der Waals surface area contributed by atoms with Crippen LogP contribution in [-0.4, -0.2) is 16.4 Å². The van der Waals surface area contributed by atoms with Crippen molar-refractivity contribution in [3.63, 3.8) is 0 Å². The van der Waals surface area contributed by atoms with Crippen molar-refractivity contribution >= 4 is 22.4 Å². The van der Waals surface area contributed by atoms with Gasteiger partial charge in [-0.05, 0) is 19.8 Å². The van der Waals surface area contributed by atoms with Crippen LogP contribution in [0.5, 0.6) is 0 Å². The molecule has 0 radical (unpaired) electrons. The van der Waals surface area contributed by atoms with Gasteiger partial charge in [0.25, 0.3) is 0 Å². The summed E-state index contributed by atoms with van der Waals surface area (Å²) < 4.78 is 0. The minimum Gasteiger partial charge on any atom is -0.325 e. The van der Waals surface area contributed by atoms with Crippen LogP contribution in [0.3, 0.4) is 0 Å². The summed E-state index contributed by atoms with van der Waals surface area (Å²) in [6.45, 7) is 7.80. The van der Waals surface area contributed by atoms with Crippen molar-refractivity contribution in [2.24, 2.45) is 5.73 Å². The maximum atomic E-state index is 11.6. The molecule has 1 rings (SSSR count). The summed E-state index contributed by atoms with van der Waals surface area (Å²) in [6, 6.07) is 0. The average molecular weight is 241 g/mol. The molecule has 3 N–H and O–H groups in total. The Morgan fingerprint density at radius 3 is 2.69 bits per heavy atom. The molecule has 0 bridgehead atoms. The maximum absolute atomic E-state index is 11.6. The van der Waals surface area contributed by atoms with Crippen molar-refractivity contribution in [2.75, 3.05) is 5.32 Å². The molecule has 0 spiro atoms. The molecule has 0 aliphatic rings. The minimum absolute atomic E-state index is 0.0860. The van der Waals surface area contributed by atoms with Crippen LogP contribution in [0.4, 0.5) is 5.13 Å². The average Bonchev–Trinajstić information content (AvgIpc) is 2.48. The molecule has 0 saturated carbocycles. The van der Waals surface area contributed by atoms with Crippen LogP contribution in [-0.2, 0) is 4.79 Å². The van der Waals surface area contributed by atoms with Gasteiger partial charge < -0.3 is 11.1 Å². The molecule has 1 amide bonds. The molecule has 5 heteroatoms. The molecule has 0 unspecified atom stereocenters. The Morgan fingerprint density at radius 1 is 1.62 bits per heavy atom. The van der Waals surface area contributed by atoms with E-state index >= 15 is 0 Å². The lowest BCUT2D eigenvalue weighted by molar-refractivity contribution is -0.117. The second-order valence-electron chi connectivity index (χ2n) is 4.95. The SMILES string of the molecule is CC(C)c1csc(NC(=O)CC(C)(C)N)n1. The molecule has 1 aromatic rings. The third-order valence-corrected chi connectivity index (χ3v) is 2.75. The Hall–Kier alpha value is -0.940. The van der Waals surface area contributed by atoms with Crippen LogP contribution >= 0.6 is 11.3 Å². The van der Waals surface area contributed by atoms with Crippen molar-refractivity contribution < 1.29 is 4.79 Å². The van der Waals surface area contributed by atoms with E-state index in [9.17, 15) is 4.79 Å². The van der Waals surface area contributed by atoms with Gasteiger partial charge in [-0.25, -0.2) is 4.98 Å². The number of hydrogen-bond acceptors (Lipinski definition) is 4. The minimum atomic E-state index is -0.484. The fraction of sp³-hybridized carbons (Fsp3) is 0.636. The summed E-state index contributed by atoms with van der Waals surface area (Å²) in [5.41, 5.74) is 6.29. The Bertz CT molecular complexity index is 366. The zero-order valence-electron chi connectivity index (χ0n) is 10.2. The molecule has 1 aromatic heterocycles. The first-order valence-corrected chi connectivity index (χ1v) is 6.20. The molecule has 0 aromatic carbocycles. The van der Waals surface area contributed by atoms with Gasteiger partial charge in [0.2, 0.25) is 5.91 Å². The number of carbonyl (C=O) groups excluding carboxylic acids is 1. The first-order chi connectivity index (χ1) is 7.28. The fourth-order valence-corrected chi connectivity index (χ4v) is 2.07. The molecule has 4 nitrogen and oxygen atoms in total. The number of thiazole rings is 1. The Morgan fingerprint density at radius 2 is 2.25 bits per heavy atom. The quantitative estimate of drug-likeness (QED) is 0.850. The molecule has 90 valence electrons. The second-order valence-corrected chi connectivity index (χ2v) is 5.80. The first kappa shape index (κ1) is 13.1. The number of rotatable bonds is 4. The van der Waals surface area contributed by atoms with Crippen molar-refractivity contribution in [1.29, 1.82) is 0 Å². The van der Waals surface area contributed by atoms with Gasteiger partial charge in [0.1, 0.15) is 0 Å². The molecular formula is C11H19N3OS. The molecule has 1 heterocycles. The third kappa shape index (κ3) is 4.28. The van der Waals surface area contributed by atoms with E-state index in [2.05, 4.69) is 24.1 Å². The summed E-state index contributed by atoms with van der Waals surface area (Å²) in [5, 5.41) is 5.38. The van der Waals surface area contributed by atoms with Crippen LogP contribution in [0, 0.1) is 0 Å². The number of amides is 1. The summed E-state index contributed by atoms with van der Waals surface area (Å²) >= 11 is 1.45. The van der Waals surface area contributed by atoms with Crippen molar-refractivity contribution in [1.82, 2.24) is 4.98 Å². The molecule has 0 aliphatic heterocycles. The highest BCUT2D eigenvalue weighted by Gasteiger charge is 2.17.